The maximum atomic E-state index is 8.69. The summed E-state index contributed by atoms with van der Waals surface area (Å²) in [6, 6.07) is 0. The van der Waals surface area contributed by atoms with Crippen LogP contribution in [-0.2, 0) is 9.47 Å². The summed E-state index contributed by atoms with van der Waals surface area (Å²) in [6.45, 7) is 2.01. The highest BCUT2D eigenvalue weighted by molar-refractivity contribution is 4.73. The van der Waals surface area contributed by atoms with Gasteiger partial charge < -0.3 is 19.7 Å². The monoisotopic (exact) mass is 260 g/mol. The Labute approximate surface area is 110 Å². The standard InChI is InChI=1S/C14H28O4/c15-8-1-3-10-17-13-6-5-7-14(12-13)18-11-4-2-9-16/h13-16H,1-12H2. The summed E-state index contributed by atoms with van der Waals surface area (Å²) < 4.78 is 11.6. The predicted molar refractivity (Wildman–Crippen MR) is 70.6 cm³/mol. The predicted octanol–water partition coefficient (Wildman–Crippen LogP) is 1.88. The van der Waals surface area contributed by atoms with E-state index in [1.54, 1.807) is 0 Å². The van der Waals surface area contributed by atoms with Gasteiger partial charge in [0.15, 0.2) is 0 Å². The molecule has 4 heteroatoms. The van der Waals surface area contributed by atoms with Crippen LogP contribution in [0, 0.1) is 0 Å². The first kappa shape index (κ1) is 15.9. The number of unbranched alkanes of at least 4 members (excludes halogenated alkanes) is 2. The van der Waals surface area contributed by atoms with Gasteiger partial charge in [0.25, 0.3) is 0 Å². The average molecular weight is 260 g/mol. The van der Waals surface area contributed by atoms with Gasteiger partial charge in [0, 0.05) is 26.4 Å². The summed E-state index contributed by atoms with van der Waals surface area (Å²) in [5.74, 6) is 0. The minimum absolute atomic E-state index is 0.255. The molecule has 0 aromatic heterocycles. The smallest absolute Gasteiger partial charge is 0.0599 e. The molecule has 0 heterocycles. The van der Waals surface area contributed by atoms with Crippen LogP contribution in [0.2, 0.25) is 0 Å². The van der Waals surface area contributed by atoms with E-state index in [1.165, 1.54) is 6.42 Å². The van der Waals surface area contributed by atoms with Crippen LogP contribution in [0.1, 0.15) is 51.4 Å². The molecule has 2 unspecified atom stereocenters. The van der Waals surface area contributed by atoms with Crippen LogP contribution in [0.4, 0.5) is 0 Å². The highest BCUT2D eigenvalue weighted by Gasteiger charge is 2.22. The molecule has 0 saturated heterocycles. The SMILES string of the molecule is OCCCCOC1CCCC(OCCCCO)C1. The number of hydrogen-bond acceptors (Lipinski definition) is 4. The maximum absolute atomic E-state index is 8.69. The van der Waals surface area contributed by atoms with Crippen molar-refractivity contribution in [2.45, 2.75) is 63.6 Å². The van der Waals surface area contributed by atoms with E-state index in [2.05, 4.69) is 0 Å². The lowest BCUT2D eigenvalue weighted by Crippen LogP contribution is -2.28. The van der Waals surface area contributed by atoms with Gasteiger partial charge in [-0.25, -0.2) is 0 Å². The summed E-state index contributed by atoms with van der Waals surface area (Å²) in [5.41, 5.74) is 0. The molecule has 1 fully saturated rings. The molecule has 108 valence electrons. The second kappa shape index (κ2) is 10.7. The van der Waals surface area contributed by atoms with E-state index in [0.29, 0.717) is 12.2 Å². The van der Waals surface area contributed by atoms with Crippen molar-refractivity contribution in [3.63, 3.8) is 0 Å². The number of aliphatic hydroxyl groups is 2. The van der Waals surface area contributed by atoms with Crippen molar-refractivity contribution in [1.82, 2.24) is 0 Å². The molecule has 0 amide bonds. The Balaban J connectivity index is 2.04. The minimum atomic E-state index is 0.255. The molecule has 0 aromatic rings. The van der Waals surface area contributed by atoms with E-state index in [1.807, 2.05) is 0 Å². The molecule has 2 atom stereocenters. The van der Waals surface area contributed by atoms with Crippen molar-refractivity contribution in [1.29, 1.82) is 0 Å². The summed E-state index contributed by atoms with van der Waals surface area (Å²) in [4.78, 5) is 0. The Bertz CT molecular complexity index is 169. The molecule has 1 aliphatic rings. The van der Waals surface area contributed by atoms with Gasteiger partial charge >= 0.3 is 0 Å². The molecular weight excluding hydrogens is 232 g/mol. The Hall–Kier alpha value is -0.160. The number of rotatable bonds is 10. The second-order valence-corrected chi connectivity index (χ2v) is 5.01. The van der Waals surface area contributed by atoms with Crippen molar-refractivity contribution in [3.8, 4) is 0 Å². The second-order valence-electron chi connectivity index (χ2n) is 5.01. The van der Waals surface area contributed by atoms with Crippen LogP contribution in [0.25, 0.3) is 0 Å². The fourth-order valence-electron chi connectivity index (χ4n) is 2.33. The number of ether oxygens (including phenoxy) is 2. The minimum Gasteiger partial charge on any atom is -0.396 e. The molecule has 0 bridgehead atoms. The average Bonchev–Trinajstić information content (AvgIpc) is 2.40. The molecular formula is C14H28O4. The van der Waals surface area contributed by atoms with Gasteiger partial charge in [0.1, 0.15) is 0 Å². The third-order valence-electron chi connectivity index (χ3n) is 3.39. The van der Waals surface area contributed by atoms with Gasteiger partial charge in [-0.05, 0) is 51.4 Å². The van der Waals surface area contributed by atoms with Gasteiger partial charge in [-0.15, -0.1) is 0 Å². The lowest BCUT2D eigenvalue weighted by atomic mass is 9.95. The number of aliphatic hydroxyl groups excluding tert-OH is 2. The lowest BCUT2D eigenvalue weighted by Gasteiger charge is -2.29. The summed E-state index contributed by atoms with van der Waals surface area (Å²) >= 11 is 0. The Morgan fingerprint density at radius 2 is 1.28 bits per heavy atom. The summed E-state index contributed by atoms with van der Waals surface area (Å²) in [6.07, 6.45) is 8.64. The van der Waals surface area contributed by atoms with E-state index >= 15 is 0 Å². The van der Waals surface area contributed by atoms with E-state index in [4.69, 9.17) is 19.7 Å². The van der Waals surface area contributed by atoms with Crippen LogP contribution in [0.5, 0.6) is 0 Å². The summed E-state index contributed by atoms with van der Waals surface area (Å²) in [5, 5.41) is 17.4. The van der Waals surface area contributed by atoms with Crippen molar-refractivity contribution in [2.24, 2.45) is 0 Å². The van der Waals surface area contributed by atoms with Crippen LogP contribution in [0.15, 0.2) is 0 Å². The quantitative estimate of drug-likeness (QED) is 0.589. The van der Waals surface area contributed by atoms with Gasteiger partial charge in [-0.1, -0.05) is 0 Å². The maximum Gasteiger partial charge on any atom is 0.0599 e. The third-order valence-corrected chi connectivity index (χ3v) is 3.39. The highest BCUT2D eigenvalue weighted by Crippen LogP contribution is 2.23. The van der Waals surface area contributed by atoms with Gasteiger partial charge in [-0.3, -0.25) is 0 Å². The Kier molecular flexibility index (Phi) is 9.48. The Morgan fingerprint density at radius 3 is 1.72 bits per heavy atom. The molecule has 1 saturated carbocycles. The number of hydrogen-bond donors (Lipinski definition) is 2. The first-order valence-corrected chi connectivity index (χ1v) is 7.31. The van der Waals surface area contributed by atoms with Crippen LogP contribution >= 0.6 is 0 Å². The van der Waals surface area contributed by atoms with Gasteiger partial charge in [0.05, 0.1) is 12.2 Å². The molecule has 0 aliphatic heterocycles. The molecule has 0 radical (unpaired) electrons. The van der Waals surface area contributed by atoms with E-state index in [9.17, 15) is 0 Å². The fourth-order valence-corrected chi connectivity index (χ4v) is 2.33. The third kappa shape index (κ3) is 7.31. The van der Waals surface area contributed by atoms with Crippen LogP contribution in [0.3, 0.4) is 0 Å². The molecule has 1 rings (SSSR count). The van der Waals surface area contributed by atoms with Gasteiger partial charge in [-0.2, -0.15) is 0 Å². The van der Waals surface area contributed by atoms with Crippen molar-refractivity contribution < 1.29 is 19.7 Å². The molecule has 18 heavy (non-hydrogen) atoms. The zero-order valence-corrected chi connectivity index (χ0v) is 11.4. The van der Waals surface area contributed by atoms with Crippen molar-refractivity contribution in [3.05, 3.63) is 0 Å². The van der Waals surface area contributed by atoms with Crippen molar-refractivity contribution >= 4 is 0 Å². The first-order valence-electron chi connectivity index (χ1n) is 7.31. The highest BCUT2D eigenvalue weighted by atomic mass is 16.5. The Morgan fingerprint density at radius 1 is 0.778 bits per heavy atom. The molecule has 0 aromatic carbocycles. The fraction of sp³-hybridized carbons (Fsp3) is 1.00. The van der Waals surface area contributed by atoms with E-state index < -0.39 is 0 Å². The topological polar surface area (TPSA) is 58.9 Å². The van der Waals surface area contributed by atoms with Crippen molar-refractivity contribution in [2.75, 3.05) is 26.4 Å². The van der Waals surface area contributed by atoms with Gasteiger partial charge in [0.2, 0.25) is 0 Å². The largest absolute Gasteiger partial charge is 0.396 e. The molecule has 2 N–H and O–H groups in total. The zero-order chi connectivity index (χ0) is 13.1. The van der Waals surface area contributed by atoms with Crippen LogP contribution < -0.4 is 0 Å². The van der Waals surface area contributed by atoms with Crippen LogP contribution in [-0.4, -0.2) is 48.8 Å². The lowest BCUT2D eigenvalue weighted by molar-refractivity contribution is -0.0467. The normalized spacial score (nSPS) is 24.3. The van der Waals surface area contributed by atoms with E-state index in [-0.39, 0.29) is 13.2 Å². The zero-order valence-electron chi connectivity index (χ0n) is 11.4. The summed E-state index contributed by atoms with van der Waals surface area (Å²) in [7, 11) is 0. The molecule has 0 spiro atoms. The van der Waals surface area contributed by atoms with E-state index in [0.717, 1.165) is 58.2 Å². The molecule has 1 aliphatic carbocycles. The first-order chi connectivity index (χ1) is 8.86. The molecule has 4 nitrogen and oxygen atoms in total.